The summed E-state index contributed by atoms with van der Waals surface area (Å²) in [5, 5.41) is 0. The second kappa shape index (κ2) is 38.1. The highest BCUT2D eigenvalue weighted by Crippen LogP contribution is 2.78. The molecule has 12 saturated carbocycles. The summed E-state index contributed by atoms with van der Waals surface area (Å²) in [4.78, 5) is 94.1. The highest BCUT2D eigenvalue weighted by atomic mass is 16.5. The number of ketones is 5. The van der Waals surface area contributed by atoms with Crippen LogP contribution in [0.1, 0.15) is 352 Å². The summed E-state index contributed by atoms with van der Waals surface area (Å²) in [5.74, 6) is 8.73. The number of allylic oxidation sites excluding steroid dienone is 27. The van der Waals surface area contributed by atoms with Crippen molar-refractivity contribution in [1.29, 1.82) is 0 Å². The fourth-order valence-electron chi connectivity index (χ4n) is 42.5. The van der Waals surface area contributed by atoms with Gasteiger partial charge in [0.05, 0.1) is 52.6 Å². The first-order valence-electron chi connectivity index (χ1n) is 58.8. The van der Waals surface area contributed by atoms with Crippen molar-refractivity contribution >= 4 is 28.9 Å². The van der Waals surface area contributed by atoms with E-state index in [0.29, 0.717) is 155 Å². The third-order valence-corrected chi connectivity index (χ3v) is 49.5. The molecule has 0 N–H and O–H groups in total. The van der Waals surface area contributed by atoms with Gasteiger partial charge in [-0.2, -0.15) is 0 Å². The molecule has 0 bridgehead atoms. The van der Waals surface area contributed by atoms with Crippen LogP contribution in [-0.2, 0) is 33.4 Å². The molecule has 14 heteroatoms. The van der Waals surface area contributed by atoms with E-state index in [4.69, 9.17) is 55.5 Å². The van der Waals surface area contributed by atoms with Crippen molar-refractivity contribution in [3.63, 3.8) is 0 Å². The Morgan fingerprint density at radius 3 is 1.11 bits per heavy atom. The first-order valence-corrected chi connectivity index (χ1v) is 58.8. The molecular formula is C136H169N7O7. The number of rotatable bonds is 12. The average molecular weight is 2010 g/mol. The van der Waals surface area contributed by atoms with E-state index in [-0.39, 0.29) is 83.9 Å². The third kappa shape index (κ3) is 14.6. The maximum Gasteiger partial charge on any atom is 0.544 e. The van der Waals surface area contributed by atoms with Gasteiger partial charge in [-0.15, -0.1) is 26.3 Å². The number of hydrogen-bond acceptors (Lipinski definition) is 7. The standard InChI is InChI=1S/C30H38N2O2.C27H32N2O.C27H33NO2.C27H37NO.C25H29NO/c1-7-14-28(15-8-2)24-11-10-21-22(26(24,3)20-30(31-5,32-6)25(28)33)12-17-27(4)23(21)13-18-29(27)16-9-19-34-29;1-7-14-26(15-8-2)23-12-10-20-19(13-16-25(4)18(3)9-11-22(20)25)21(23)17-27(28-5,29-6)24(26)30;1-24-17-21(28-3)23(29)26(11-4-5-12-26)22(24)8-7-18-19(24)9-14-25(2)20(18)10-15-27(25)13-6-16-30-27;1-7-14-27(15-8-2)23-12-10-19-20-11-9-18(3)25(20,4)16-13-21(19)26(23,5)17-22(28-6)24(27)29;1-16-7-9-18-17-8-10-21-24(3,19(17)11-14-23(16,18)2)15-20(26-4)22(27)25(21)12-5-6-13-25/h7-8,11,21-23H,1-2,9-10,12-20H2,3-4H3;7-8,12,19-22H,1-3,9-11,13-17H2,4H3;4-5,8,17-20H,6-7,9-16H2,1-2H3;12,17,19-21H,3,7-11,13-16H2,1-2,4-5H3;5-6,10,15,17-19H,1,7-9,11-14H2,2-3H3/t21-,22+,23+,26-,27+,29?;19-,20+,21?,22-,25+;18-,19+,20+,24-,25+,27?;19-,20-,21-,25+,26+;17-,18-,19-,23+,24+/m10100/s1. The van der Waals surface area contributed by atoms with Gasteiger partial charge in [0.15, 0.2) is 17.3 Å². The number of carbonyl (C=O) groups excluding carboxylic acids is 5. The van der Waals surface area contributed by atoms with Crippen molar-refractivity contribution in [3.8, 4) is 0 Å². The molecule has 0 aromatic carbocycles. The zero-order chi connectivity index (χ0) is 107. The summed E-state index contributed by atoms with van der Waals surface area (Å²) in [6, 6.07) is 0. The number of ether oxygens (including phenoxy) is 2. The summed E-state index contributed by atoms with van der Waals surface area (Å²) >= 11 is 0. The number of carbonyl (C=O) groups is 5. The van der Waals surface area contributed by atoms with Crippen molar-refractivity contribution in [1.82, 2.24) is 0 Å². The lowest BCUT2D eigenvalue weighted by Crippen LogP contribution is -2.62. The van der Waals surface area contributed by atoms with Gasteiger partial charge in [0.25, 0.3) is 0 Å². The SMILES string of the molecule is [C-]#[N+]C1([N+]#[C-])CC2C(=CC[C@@H]3[C@@H]2CC[C@]2(C)C(=C)CC[C@@H]32)C(CC=C)(CC=C)C1=O.[C-]#[N+]C1([N+]#[C-])C[C@@]2(C)C(=CC[C@@H]3[C@@H]2CC[C@@]2(C)[C@H]3CCC23CCCO3)C(CC=C)(CC=C)C1=O.[C-]#[N+]C1=C[C@@]2(C)C(=CC[C@@H]3[C@@H]2CC[C@@]2(C)[C@H]3CCC23CCCO3)C2(CC=CC2)C1=O.[C-]#[N+]C1=C[C@@]2(C)C(=CC[C@@H]3[C@@H]2CC[C@]2(C)C(=C)CC[C@@H]32)C(CCC)(CCC)C1=O.[C-]#[N+]C1=C[C@@]2(C)C(=CC[C@@H]3[C@@H]2CC[C@]2(C)C(=C)CC[C@@H]32)C2(CC=CC2)C1=O. The van der Waals surface area contributed by atoms with E-state index < -0.39 is 38.4 Å². The van der Waals surface area contributed by atoms with E-state index in [2.05, 4.69) is 229 Å². The minimum atomic E-state index is -1.65. The lowest BCUT2D eigenvalue weighted by Gasteiger charge is -2.60. The Bertz CT molecular complexity index is 6310. The summed E-state index contributed by atoms with van der Waals surface area (Å²) in [6.45, 7) is 112. The van der Waals surface area contributed by atoms with Crippen LogP contribution in [0.2, 0.25) is 0 Å². The van der Waals surface area contributed by atoms with E-state index in [1.165, 1.54) is 160 Å². The Labute approximate surface area is 899 Å². The average Bonchev–Trinajstić information content (AvgIpc) is 1.26. The lowest BCUT2D eigenvalue weighted by atomic mass is 9.42. The van der Waals surface area contributed by atoms with Crippen molar-refractivity contribution in [3.05, 3.63) is 285 Å². The summed E-state index contributed by atoms with van der Waals surface area (Å²) in [5.41, 5.74) is 6.27. The highest BCUT2D eigenvalue weighted by molar-refractivity contribution is 6.08. The van der Waals surface area contributed by atoms with Gasteiger partial charge >= 0.3 is 22.9 Å². The molecule has 0 radical (unpaired) electrons. The van der Waals surface area contributed by atoms with Gasteiger partial charge < -0.3 is 23.9 Å². The molecule has 3 unspecified atom stereocenters. The van der Waals surface area contributed by atoms with Crippen molar-refractivity contribution in [2.24, 2.45) is 170 Å². The second-order valence-corrected chi connectivity index (χ2v) is 54.5. The van der Waals surface area contributed by atoms with Crippen LogP contribution in [-0.4, -0.2) is 64.7 Å². The molecule has 0 amide bonds. The zero-order valence-corrected chi connectivity index (χ0v) is 92.7. The second-order valence-electron chi connectivity index (χ2n) is 54.5. The number of Topliss-reactive ketones (excluding diaryl/α,β-unsaturated/α-hetero) is 5. The van der Waals surface area contributed by atoms with Gasteiger partial charge in [-0.25, -0.2) is 60.2 Å². The minimum absolute atomic E-state index is 0.0439. The zero-order valence-electron chi connectivity index (χ0n) is 92.7. The summed E-state index contributed by atoms with van der Waals surface area (Å²) < 4.78 is 13.0. The molecule has 14 nitrogen and oxygen atoms in total. The Hall–Kier alpha value is -9.72. The van der Waals surface area contributed by atoms with Crippen LogP contribution in [0.3, 0.4) is 0 Å². The molecule has 22 aliphatic carbocycles. The third-order valence-electron chi connectivity index (χ3n) is 49.5. The van der Waals surface area contributed by atoms with Crippen LogP contribution < -0.4 is 0 Å². The minimum Gasteiger partial charge on any atom is -0.374 e. The molecule has 27 atom stereocenters. The molecule has 4 spiro atoms. The van der Waals surface area contributed by atoms with Crippen LogP contribution in [0.4, 0.5) is 0 Å². The molecular weight excluding hydrogens is 1840 g/mol. The van der Waals surface area contributed by atoms with E-state index in [9.17, 15) is 24.0 Å². The van der Waals surface area contributed by atoms with Gasteiger partial charge in [0.2, 0.25) is 17.1 Å². The number of hydrogen-bond donors (Lipinski definition) is 0. The van der Waals surface area contributed by atoms with Crippen molar-refractivity contribution in [2.75, 3.05) is 13.2 Å². The van der Waals surface area contributed by atoms with Crippen LogP contribution in [0, 0.1) is 217 Å². The van der Waals surface area contributed by atoms with E-state index in [1.54, 1.807) is 24.3 Å². The molecule has 2 heterocycles. The van der Waals surface area contributed by atoms with E-state index >= 15 is 0 Å². The smallest absolute Gasteiger partial charge is 0.374 e. The Kier molecular flexibility index (Phi) is 27.3. The van der Waals surface area contributed by atoms with Gasteiger partial charge in [0, 0.05) is 46.2 Å². The normalized spacial score (nSPS) is 42.9. The molecule has 790 valence electrons. The highest BCUT2D eigenvalue weighted by Gasteiger charge is 2.78. The molecule has 24 rings (SSSR count). The monoisotopic (exact) mass is 2010 g/mol. The van der Waals surface area contributed by atoms with Crippen molar-refractivity contribution in [2.45, 2.75) is 375 Å². The largest absolute Gasteiger partial charge is 0.544 e. The van der Waals surface area contributed by atoms with E-state index in [1.807, 2.05) is 0 Å². The maximum absolute atomic E-state index is 14.0. The molecule has 0 aromatic heterocycles. The summed E-state index contributed by atoms with van der Waals surface area (Å²) in [7, 11) is 0. The fourth-order valence-corrected chi connectivity index (χ4v) is 42.5. The fraction of sp³-hybridized carbons (Fsp3) is 0.662. The predicted molar refractivity (Wildman–Crippen MR) is 596 cm³/mol. The van der Waals surface area contributed by atoms with Crippen LogP contribution >= 0.6 is 0 Å². The van der Waals surface area contributed by atoms with Crippen molar-refractivity contribution < 1.29 is 33.4 Å². The molecule has 2 saturated heterocycles. The Morgan fingerprint density at radius 1 is 0.360 bits per heavy atom. The molecule has 24 aliphatic rings. The molecule has 14 fully saturated rings. The topological polar surface area (TPSA) is 134 Å². The first kappa shape index (κ1) is 107. The summed E-state index contributed by atoms with van der Waals surface area (Å²) in [6.07, 6.45) is 77.3. The first-order chi connectivity index (χ1) is 71.6. The van der Waals surface area contributed by atoms with Crippen LogP contribution in [0.25, 0.3) is 33.9 Å². The quantitative estimate of drug-likeness (QED) is 0.140. The van der Waals surface area contributed by atoms with Gasteiger partial charge in [-0.3, -0.25) is 9.59 Å². The van der Waals surface area contributed by atoms with Crippen LogP contribution in [0.5, 0.6) is 0 Å². The van der Waals surface area contributed by atoms with E-state index in [0.717, 1.165) is 135 Å². The van der Waals surface area contributed by atoms with Gasteiger partial charge in [-0.1, -0.05) is 251 Å². The molecule has 150 heavy (non-hydrogen) atoms. The predicted octanol–water partition coefficient (Wildman–Crippen LogP) is 32.9. The Morgan fingerprint density at radius 2 is 0.707 bits per heavy atom. The number of fused-ring (bicyclic) bond motifs is 29. The van der Waals surface area contributed by atoms with Crippen LogP contribution in [0.15, 0.2) is 205 Å². The maximum atomic E-state index is 14.0. The van der Waals surface area contributed by atoms with Gasteiger partial charge in [0.1, 0.15) is 12.8 Å². The number of nitrogens with zero attached hydrogens (tertiary/aromatic N) is 7. The molecule has 2 aliphatic heterocycles. The molecule has 0 aromatic rings. The lowest BCUT2D eigenvalue weighted by molar-refractivity contribution is -0.145. The Balaban J connectivity index is 0.000000114. The van der Waals surface area contributed by atoms with Gasteiger partial charge in [-0.05, 0) is 366 Å².